The fraction of sp³-hybridized carbons (Fsp3) is 0.471. The molecule has 2 amide bonds. The van der Waals surface area contributed by atoms with Gasteiger partial charge >= 0.3 is 5.97 Å². The van der Waals surface area contributed by atoms with Crippen LogP contribution >= 0.6 is 0 Å². The third kappa shape index (κ3) is 6.68. The van der Waals surface area contributed by atoms with Crippen LogP contribution in [0.25, 0.3) is 0 Å². The van der Waals surface area contributed by atoms with Crippen molar-refractivity contribution in [2.75, 3.05) is 33.4 Å². The van der Waals surface area contributed by atoms with E-state index in [1.165, 1.54) is 11.8 Å². The summed E-state index contributed by atoms with van der Waals surface area (Å²) in [6.07, 6.45) is 0.107. The molecule has 0 saturated heterocycles. The minimum Gasteiger partial charge on any atom is -0.497 e. The maximum atomic E-state index is 12.6. The van der Waals surface area contributed by atoms with Gasteiger partial charge in [0.05, 0.1) is 20.1 Å². The lowest BCUT2D eigenvalue weighted by Crippen LogP contribution is -2.39. The van der Waals surface area contributed by atoms with E-state index in [1.807, 2.05) is 0 Å². The summed E-state index contributed by atoms with van der Waals surface area (Å²) in [7, 11) is 1.55. The topological polar surface area (TPSA) is 84.9 Å². The first-order chi connectivity index (χ1) is 11.5. The molecule has 7 heteroatoms. The van der Waals surface area contributed by atoms with E-state index < -0.39 is 0 Å². The minimum atomic E-state index is -0.357. The van der Waals surface area contributed by atoms with Gasteiger partial charge in [0.25, 0.3) is 5.91 Å². The van der Waals surface area contributed by atoms with Crippen LogP contribution < -0.4 is 10.1 Å². The summed E-state index contributed by atoms with van der Waals surface area (Å²) < 4.78 is 9.96. The molecule has 0 fully saturated rings. The van der Waals surface area contributed by atoms with Gasteiger partial charge in [-0.15, -0.1) is 0 Å². The first-order valence-electron chi connectivity index (χ1n) is 7.81. The van der Waals surface area contributed by atoms with Crippen LogP contribution in [0.5, 0.6) is 5.75 Å². The average Bonchev–Trinajstić information content (AvgIpc) is 2.57. The molecule has 0 radical (unpaired) electrons. The maximum Gasteiger partial charge on any atom is 0.307 e. The van der Waals surface area contributed by atoms with Crippen LogP contribution in [0.1, 0.15) is 30.6 Å². The Morgan fingerprint density at radius 2 is 1.79 bits per heavy atom. The van der Waals surface area contributed by atoms with Crippen molar-refractivity contribution in [3.05, 3.63) is 29.8 Å². The highest BCUT2D eigenvalue weighted by Gasteiger charge is 2.17. The highest BCUT2D eigenvalue weighted by Crippen LogP contribution is 2.13. The van der Waals surface area contributed by atoms with Gasteiger partial charge in [0.1, 0.15) is 5.75 Å². The Balaban J connectivity index is 2.74. The zero-order chi connectivity index (χ0) is 17.9. The molecule has 1 rings (SSSR count). The SMILES string of the molecule is CCOC(=O)CCN(CCNC(C)=O)C(=O)c1ccc(OC)cc1. The maximum absolute atomic E-state index is 12.6. The lowest BCUT2D eigenvalue weighted by Gasteiger charge is -2.22. The molecule has 0 spiro atoms. The van der Waals surface area contributed by atoms with Crippen LogP contribution in [0.2, 0.25) is 0 Å². The van der Waals surface area contributed by atoms with Crippen LogP contribution in [0, 0.1) is 0 Å². The molecule has 7 nitrogen and oxygen atoms in total. The molecule has 132 valence electrons. The van der Waals surface area contributed by atoms with Crippen LogP contribution in [0.3, 0.4) is 0 Å². The number of methoxy groups -OCH3 is 1. The van der Waals surface area contributed by atoms with Gasteiger partial charge < -0.3 is 19.7 Å². The van der Waals surface area contributed by atoms with Crippen LogP contribution in [0.15, 0.2) is 24.3 Å². The Bertz CT molecular complexity index is 557. The standard InChI is InChI=1S/C17H24N2O5/c1-4-24-16(21)9-11-19(12-10-18-13(2)20)17(22)14-5-7-15(23-3)8-6-14/h5-8H,4,9-12H2,1-3H3,(H,18,20). The van der Waals surface area contributed by atoms with Gasteiger partial charge in [-0.1, -0.05) is 0 Å². The largest absolute Gasteiger partial charge is 0.497 e. The van der Waals surface area contributed by atoms with Crippen molar-refractivity contribution in [2.45, 2.75) is 20.3 Å². The fourth-order valence-corrected chi connectivity index (χ4v) is 2.06. The summed E-state index contributed by atoms with van der Waals surface area (Å²) >= 11 is 0. The van der Waals surface area contributed by atoms with E-state index in [0.29, 0.717) is 31.0 Å². The molecule has 0 unspecified atom stereocenters. The Morgan fingerprint density at radius 3 is 2.33 bits per heavy atom. The van der Waals surface area contributed by atoms with E-state index in [4.69, 9.17) is 9.47 Å². The Hall–Kier alpha value is -2.57. The van der Waals surface area contributed by atoms with E-state index in [-0.39, 0.29) is 30.7 Å². The molecule has 0 aliphatic rings. The van der Waals surface area contributed by atoms with Gasteiger partial charge in [-0.3, -0.25) is 14.4 Å². The number of carbonyl (C=O) groups excluding carboxylic acids is 3. The summed E-state index contributed by atoms with van der Waals surface area (Å²) in [5, 5.41) is 2.64. The van der Waals surface area contributed by atoms with Gasteiger partial charge in [0.2, 0.25) is 5.91 Å². The van der Waals surface area contributed by atoms with E-state index >= 15 is 0 Å². The van der Waals surface area contributed by atoms with Crippen LogP contribution in [-0.2, 0) is 14.3 Å². The van der Waals surface area contributed by atoms with E-state index in [9.17, 15) is 14.4 Å². The Labute approximate surface area is 141 Å². The van der Waals surface area contributed by atoms with Crippen LogP contribution in [0.4, 0.5) is 0 Å². The second-order valence-electron chi connectivity index (χ2n) is 5.06. The predicted octanol–water partition coefficient (Wildman–Crippen LogP) is 1.23. The zero-order valence-electron chi connectivity index (χ0n) is 14.3. The van der Waals surface area contributed by atoms with Crippen molar-refractivity contribution in [2.24, 2.45) is 0 Å². The molecule has 0 bridgehead atoms. The van der Waals surface area contributed by atoms with Crippen molar-refractivity contribution >= 4 is 17.8 Å². The number of amides is 2. The van der Waals surface area contributed by atoms with Gasteiger partial charge in [0.15, 0.2) is 0 Å². The second-order valence-corrected chi connectivity index (χ2v) is 5.06. The quantitative estimate of drug-likeness (QED) is 0.686. The van der Waals surface area contributed by atoms with Crippen molar-refractivity contribution in [1.82, 2.24) is 10.2 Å². The lowest BCUT2D eigenvalue weighted by atomic mass is 10.2. The molecule has 1 N–H and O–H groups in total. The number of esters is 1. The summed E-state index contributed by atoms with van der Waals surface area (Å²) in [5.41, 5.74) is 0.488. The summed E-state index contributed by atoms with van der Waals surface area (Å²) in [6, 6.07) is 6.73. The number of ether oxygens (including phenoxy) is 2. The monoisotopic (exact) mass is 336 g/mol. The number of nitrogens with zero attached hydrogens (tertiary/aromatic N) is 1. The van der Waals surface area contributed by atoms with Gasteiger partial charge in [-0.25, -0.2) is 0 Å². The summed E-state index contributed by atoms with van der Waals surface area (Å²) in [4.78, 5) is 36.6. The Morgan fingerprint density at radius 1 is 1.12 bits per heavy atom. The number of hydrogen-bond acceptors (Lipinski definition) is 5. The highest BCUT2D eigenvalue weighted by molar-refractivity contribution is 5.94. The first-order valence-corrected chi connectivity index (χ1v) is 7.81. The molecule has 1 aromatic rings. The van der Waals surface area contributed by atoms with Gasteiger partial charge in [-0.2, -0.15) is 0 Å². The molecule has 0 aliphatic heterocycles. The van der Waals surface area contributed by atoms with E-state index in [1.54, 1.807) is 38.3 Å². The highest BCUT2D eigenvalue weighted by atomic mass is 16.5. The van der Waals surface area contributed by atoms with Gasteiger partial charge in [-0.05, 0) is 31.2 Å². The lowest BCUT2D eigenvalue weighted by molar-refractivity contribution is -0.143. The van der Waals surface area contributed by atoms with E-state index in [0.717, 1.165) is 0 Å². The fourth-order valence-electron chi connectivity index (χ4n) is 2.06. The van der Waals surface area contributed by atoms with Crippen molar-refractivity contribution in [3.63, 3.8) is 0 Å². The third-order valence-corrected chi connectivity index (χ3v) is 3.27. The molecule has 0 aliphatic carbocycles. The van der Waals surface area contributed by atoms with Crippen molar-refractivity contribution < 1.29 is 23.9 Å². The predicted molar refractivity (Wildman–Crippen MR) is 88.8 cm³/mol. The molecular weight excluding hydrogens is 312 g/mol. The number of nitrogens with one attached hydrogen (secondary N) is 1. The number of rotatable bonds is 9. The Kier molecular flexibility index (Phi) is 8.32. The molecular formula is C17H24N2O5. The zero-order valence-corrected chi connectivity index (χ0v) is 14.3. The minimum absolute atomic E-state index is 0.107. The number of benzene rings is 1. The molecule has 24 heavy (non-hydrogen) atoms. The summed E-state index contributed by atoms with van der Waals surface area (Å²) in [5.74, 6) is -0.0861. The molecule has 0 atom stereocenters. The number of hydrogen-bond donors (Lipinski definition) is 1. The van der Waals surface area contributed by atoms with Gasteiger partial charge in [0, 0.05) is 32.1 Å². The van der Waals surface area contributed by atoms with Crippen molar-refractivity contribution in [3.8, 4) is 5.75 Å². The first kappa shape index (κ1) is 19.5. The second kappa shape index (κ2) is 10.3. The smallest absolute Gasteiger partial charge is 0.307 e. The molecule has 0 aromatic heterocycles. The summed E-state index contributed by atoms with van der Waals surface area (Å²) in [6.45, 7) is 4.30. The van der Waals surface area contributed by atoms with Crippen molar-refractivity contribution in [1.29, 1.82) is 0 Å². The number of carbonyl (C=O) groups is 3. The molecule has 1 aromatic carbocycles. The van der Waals surface area contributed by atoms with Crippen LogP contribution in [-0.4, -0.2) is 56.0 Å². The molecule has 0 saturated carbocycles. The van der Waals surface area contributed by atoms with E-state index in [2.05, 4.69) is 5.32 Å². The normalized spacial score (nSPS) is 9.96. The average molecular weight is 336 g/mol. The molecule has 0 heterocycles. The third-order valence-electron chi connectivity index (χ3n) is 3.27.